The molecule has 25 heavy (non-hydrogen) atoms. The average Bonchev–Trinajstić information content (AvgIpc) is 3.29. The van der Waals surface area contributed by atoms with Crippen molar-refractivity contribution in [3.8, 4) is 39.3 Å². The Kier molecular flexibility index (Phi) is 3.95. The maximum absolute atomic E-state index is 10.3. The van der Waals surface area contributed by atoms with Crippen molar-refractivity contribution in [2.45, 2.75) is 0 Å². The first-order valence-electron chi connectivity index (χ1n) is 7.69. The molecule has 2 heterocycles. The summed E-state index contributed by atoms with van der Waals surface area (Å²) >= 11 is 1.43. The first kappa shape index (κ1) is 15.4. The molecule has 4 rings (SSSR count). The summed E-state index contributed by atoms with van der Waals surface area (Å²) in [4.78, 5) is 4.59. The van der Waals surface area contributed by atoms with Gasteiger partial charge in [-0.2, -0.15) is 9.78 Å². The Balaban J connectivity index is 1.70. The smallest absolute Gasteiger partial charge is 0.216 e. The fourth-order valence-electron chi connectivity index (χ4n) is 2.54. The monoisotopic (exact) mass is 349 g/mol. The normalized spacial score (nSPS) is 10.8. The van der Waals surface area contributed by atoms with Crippen molar-refractivity contribution < 1.29 is 9.84 Å². The zero-order valence-electron chi connectivity index (χ0n) is 13.5. The van der Waals surface area contributed by atoms with E-state index in [0.717, 1.165) is 22.6 Å². The molecule has 0 aliphatic heterocycles. The predicted molar refractivity (Wildman–Crippen MR) is 98.3 cm³/mol. The lowest BCUT2D eigenvalue weighted by molar-refractivity contribution is 0.415. The molecule has 0 aliphatic rings. The number of aromatic hydroxyl groups is 1. The van der Waals surface area contributed by atoms with Gasteiger partial charge < -0.3 is 9.84 Å². The Bertz CT molecular complexity index is 1010. The van der Waals surface area contributed by atoms with E-state index in [4.69, 9.17) is 4.74 Å². The van der Waals surface area contributed by atoms with Crippen LogP contribution in [0.3, 0.4) is 0 Å². The molecule has 2 aromatic heterocycles. The summed E-state index contributed by atoms with van der Waals surface area (Å²) in [6, 6.07) is 19.1. The summed E-state index contributed by atoms with van der Waals surface area (Å²) in [5.41, 5.74) is 3.42. The van der Waals surface area contributed by atoms with E-state index >= 15 is 0 Å². The second-order valence-electron chi connectivity index (χ2n) is 5.41. The first-order valence-corrected chi connectivity index (χ1v) is 8.57. The molecule has 0 bridgehead atoms. The van der Waals surface area contributed by atoms with Crippen molar-refractivity contribution >= 4 is 11.3 Å². The molecule has 0 spiro atoms. The van der Waals surface area contributed by atoms with Gasteiger partial charge in [0.05, 0.1) is 18.5 Å². The third-order valence-corrected chi connectivity index (χ3v) is 4.62. The van der Waals surface area contributed by atoms with Gasteiger partial charge in [-0.05, 0) is 12.1 Å². The zero-order chi connectivity index (χ0) is 17.2. The minimum atomic E-state index is 0.0479. The lowest BCUT2D eigenvalue weighted by Gasteiger charge is -2.01. The maximum Gasteiger partial charge on any atom is 0.216 e. The Hall–Kier alpha value is -3.12. The lowest BCUT2D eigenvalue weighted by atomic mass is 10.1. The molecule has 0 amide bonds. The highest BCUT2D eigenvalue weighted by Gasteiger charge is 2.14. The van der Waals surface area contributed by atoms with Crippen LogP contribution in [0, 0.1) is 0 Å². The molecule has 0 radical (unpaired) electrons. The molecule has 124 valence electrons. The summed E-state index contributed by atoms with van der Waals surface area (Å²) < 4.78 is 6.69. The fraction of sp³-hybridized carbons (Fsp3) is 0.0526. The molecule has 0 unspecified atom stereocenters. The van der Waals surface area contributed by atoms with E-state index in [1.807, 2.05) is 60.0 Å². The van der Waals surface area contributed by atoms with Crippen molar-refractivity contribution in [1.29, 1.82) is 0 Å². The van der Waals surface area contributed by atoms with Gasteiger partial charge >= 0.3 is 0 Å². The summed E-state index contributed by atoms with van der Waals surface area (Å²) in [6.45, 7) is 0. The predicted octanol–water partition coefficient (Wildman–Crippen LogP) is 4.38. The number of benzene rings is 2. The number of hydrogen-bond acceptors (Lipinski definition) is 5. The van der Waals surface area contributed by atoms with Crippen LogP contribution in [0.15, 0.2) is 66.0 Å². The summed E-state index contributed by atoms with van der Waals surface area (Å²) in [5.74, 6) is 0.791. The van der Waals surface area contributed by atoms with Gasteiger partial charge in [0.1, 0.15) is 5.75 Å². The van der Waals surface area contributed by atoms with Crippen molar-refractivity contribution in [3.05, 3.63) is 66.0 Å². The fourth-order valence-corrected chi connectivity index (χ4v) is 3.33. The number of ether oxygens (including phenoxy) is 1. The third-order valence-electron chi connectivity index (χ3n) is 3.80. The lowest BCUT2D eigenvalue weighted by Crippen LogP contribution is -1.95. The highest BCUT2D eigenvalue weighted by atomic mass is 32.1. The molecule has 0 saturated heterocycles. The number of methoxy groups -OCH3 is 1. The van der Waals surface area contributed by atoms with Crippen LogP contribution in [0.4, 0.5) is 0 Å². The number of rotatable bonds is 4. The molecular formula is C19H15N3O2S. The van der Waals surface area contributed by atoms with E-state index < -0.39 is 0 Å². The van der Waals surface area contributed by atoms with Crippen LogP contribution in [-0.4, -0.2) is 27.0 Å². The topological polar surface area (TPSA) is 60.2 Å². The van der Waals surface area contributed by atoms with Gasteiger partial charge in [-0.25, -0.2) is 4.98 Å². The third kappa shape index (κ3) is 2.99. The second-order valence-corrected chi connectivity index (χ2v) is 6.25. The van der Waals surface area contributed by atoms with Gasteiger partial charge in [-0.1, -0.05) is 42.5 Å². The minimum absolute atomic E-state index is 0.0479. The van der Waals surface area contributed by atoms with Crippen LogP contribution in [-0.2, 0) is 0 Å². The van der Waals surface area contributed by atoms with Crippen molar-refractivity contribution in [2.75, 3.05) is 7.11 Å². The highest BCUT2D eigenvalue weighted by molar-refractivity contribution is 7.12. The van der Waals surface area contributed by atoms with Gasteiger partial charge in [-0.3, -0.25) is 0 Å². The highest BCUT2D eigenvalue weighted by Crippen LogP contribution is 2.30. The van der Waals surface area contributed by atoms with E-state index in [1.165, 1.54) is 16.0 Å². The van der Waals surface area contributed by atoms with E-state index in [1.54, 1.807) is 13.2 Å². The molecule has 0 aliphatic carbocycles. The van der Waals surface area contributed by atoms with Crippen LogP contribution < -0.4 is 4.74 Å². The van der Waals surface area contributed by atoms with Crippen LogP contribution in [0.2, 0.25) is 0 Å². The van der Waals surface area contributed by atoms with E-state index in [9.17, 15) is 5.11 Å². The Morgan fingerprint density at radius 3 is 2.56 bits per heavy atom. The van der Waals surface area contributed by atoms with E-state index in [0.29, 0.717) is 10.8 Å². The van der Waals surface area contributed by atoms with Crippen LogP contribution in [0.25, 0.3) is 27.6 Å². The molecule has 4 aromatic rings. The summed E-state index contributed by atoms with van der Waals surface area (Å²) in [7, 11) is 1.62. The Morgan fingerprint density at radius 1 is 0.960 bits per heavy atom. The Labute approximate surface area is 148 Å². The summed E-state index contributed by atoms with van der Waals surface area (Å²) in [6.07, 6.45) is 0. The van der Waals surface area contributed by atoms with Crippen LogP contribution in [0.1, 0.15) is 0 Å². The number of hydrogen-bond donors (Lipinski definition) is 1. The minimum Gasteiger partial charge on any atom is -0.497 e. The summed E-state index contributed by atoms with van der Waals surface area (Å²) in [5, 5.41) is 17.4. The average molecular weight is 349 g/mol. The molecule has 2 aromatic carbocycles. The van der Waals surface area contributed by atoms with E-state index in [-0.39, 0.29) is 5.88 Å². The molecule has 1 N–H and O–H groups in total. The SMILES string of the molecule is COc1cccc(-c2cc(O)n(-c3nc(-c4ccccc4)cs3)n2)c1. The van der Waals surface area contributed by atoms with E-state index in [2.05, 4.69) is 10.1 Å². The van der Waals surface area contributed by atoms with Gasteiger partial charge in [-0.15, -0.1) is 11.3 Å². The molecule has 0 fully saturated rings. The molecule has 5 nitrogen and oxygen atoms in total. The molecular weight excluding hydrogens is 334 g/mol. The molecule has 0 saturated carbocycles. The van der Waals surface area contributed by atoms with Gasteiger partial charge in [0, 0.05) is 22.6 Å². The maximum atomic E-state index is 10.3. The molecule has 0 atom stereocenters. The number of nitrogens with zero attached hydrogens (tertiary/aromatic N) is 3. The van der Waals surface area contributed by atoms with Crippen molar-refractivity contribution in [3.63, 3.8) is 0 Å². The standard InChI is InChI=1S/C19H15N3O2S/c1-24-15-9-5-8-14(10-15)16-11-18(23)22(21-16)19-20-17(12-25-19)13-6-3-2-4-7-13/h2-12,23H,1H3. The second kappa shape index (κ2) is 6.41. The number of thiazole rings is 1. The van der Waals surface area contributed by atoms with Gasteiger partial charge in [0.15, 0.2) is 0 Å². The quantitative estimate of drug-likeness (QED) is 0.594. The van der Waals surface area contributed by atoms with Gasteiger partial charge in [0.25, 0.3) is 0 Å². The Morgan fingerprint density at radius 2 is 1.76 bits per heavy atom. The van der Waals surface area contributed by atoms with Crippen LogP contribution in [0.5, 0.6) is 11.6 Å². The van der Waals surface area contributed by atoms with Gasteiger partial charge in [0.2, 0.25) is 11.0 Å². The van der Waals surface area contributed by atoms with Crippen molar-refractivity contribution in [2.24, 2.45) is 0 Å². The first-order chi connectivity index (χ1) is 12.2. The van der Waals surface area contributed by atoms with Crippen LogP contribution >= 0.6 is 11.3 Å². The largest absolute Gasteiger partial charge is 0.497 e. The number of aromatic nitrogens is 3. The molecule has 6 heteroatoms. The van der Waals surface area contributed by atoms with Crippen molar-refractivity contribution in [1.82, 2.24) is 14.8 Å². The zero-order valence-corrected chi connectivity index (χ0v) is 14.3.